The van der Waals surface area contributed by atoms with Crippen molar-refractivity contribution >= 4 is 23.2 Å². The van der Waals surface area contributed by atoms with E-state index in [4.69, 9.17) is 0 Å². The van der Waals surface area contributed by atoms with Crippen molar-refractivity contribution in [3.8, 4) is 0 Å². The molecule has 3 heterocycles. The van der Waals surface area contributed by atoms with Gasteiger partial charge in [0.25, 0.3) is 0 Å². The second-order valence-corrected chi connectivity index (χ2v) is 8.46. The van der Waals surface area contributed by atoms with Gasteiger partial charge in [0.2, 0.25) is 11.8 Å². The molecule has 24 heavy (non-hydrogen) atoms. The molecule has 2 aliphatic heterocycles. The molecule has 1 unspecified atom stereocenters. The van der Waals surface area contributed by atoms with E-state index in [2.05, 4.69) is 9.88 Å². The Morgan fingerprint density at radius 3 is 2.71 bits per heavy atom. The van der Waals surface area contributed by atoms with Crippen LogP contribution in [0, 0.1) is 11.3 Å². The van der Waals surface area contributed by atoms with E-state index >= 15 is 0 Å². The standard InChI is InChI=1S/C17H26N4O2S/c1-13(2)16(23)21-6-5-20(9-14-18-4-7-24-14)11-17(12-21)8-15(22)19(3)10-17/h4,7,13H,5-6,8-12H2,1-3H3. The molecule has 1 aromatic heterocycles. The normalized spacial score (nSPS) is 25.8. The summed E-state index contributed by atoms with van der Waals surface area (Å²) < 4.78 is 0. The van der Waals surface area contributed by atoms with E-state index in [-0.39, 0.29) is 23.1 Å². The summed E-state index contributed by atoms with van der Waals surface area (Å²) in [7, 11) is 1.86. The van der Waals surface area contributed by atoms with E-state index in [0.717, 1.165) is 37.7 Å². The molecule has 2 fully saturated rings. The second kappa shape index (κ2) is 6.80. The van der Waals surface area contributed by atoms with Crippen molar-refractivity contribution < 1.29 is 9.59 Å². The molecule has 0 aromatic carbocycles. The highest BCUT2D eigenvalue weighted by atomic mass is 32.1. The number of amides is 2. The van der Waals surface area contributed by atoms with Crippen LogP contribution in [0.25, 0.3) is 0 Å². The largest absolute Gasteiger partial charge is 0.345 e. The van der Waals surface area contributed by atoms with Crippen molar-refractivity contribution in [2.75, 3.05) is 39.8 Å². The fraction of sp³-hybridized carbons (Fsp3) is 0.706. The quantitative estimate of drug-likeness (QED) is 0.824. The average Bonchev–Trinajstić information content (AvgIpc) is 3.06. The Bertz CT molecular complexity index is 604. The van der Waals surface area contributed by atoms with Crippen molar-refractivity contribution in [3.63, 3.8) is 0 Å². The number of nitrogens with zero attached hydrogens (tertiary/aromatic N) is 4. The van der Waals surface area contributed by atoms with Gasteiger partial charge in [-0.2, -0.15) is 0 Å². The first-order valence-electron chi connectivity index (χ1n) is 8.52. The molecular formula is C17H26N4O2S. The lowest BCUT2D eigenvalue weighted by Crippen LogP contribution is -2.45. The highest BCUT2D eigenvalue weighted by Crippen LogP contribution is 2.35. The summed E-state index contributed by atoms with van der Waals surface area (Å²) in [6.07, 6.45) is 2.36. The number of likely N-dealkylation sites (tertiary alicyclic amines) is 1. The van der Waals surface area contributed by atoms with Crippen LogP contribution < -0.4 is 0 Å². The van der Waals surface area contributed by atoms with Crippen LogP contribution in [0.1, 0.15) is 25.3 Å². The maximum atomic E-state index is 12.6. The molecule has 0 saturated carbocycles. The topological polar surface area (TPSA) is 56.8 Å². The summed E-state index contributed by atoms with van der Waals surface area (Å²) in [5.41, 5.74) is -0.163. The molecule has 6 nitrogen and oxygen atoms in total. The Hall–Kier alpha value is -1.47. The lowest BCUT2D eigenvalue weighted by molar-refractivity contribution is -0.135. The van der Waals surface area contributed by atoms with Gasteiger partial charge in [0.15, 0.2) is 0 Å². The number of hydrogen-bond acceptors (Lipinski definition) is 5. The Balaban J connectivity index is 1.81. The number of carbonyl (C=O) groups is 2. The highest BCUT2D eigenvalue weighted by Gasteiger charge is 2.46. The third kappa shape index (κ3) is 3.62. The minimum atomic E-state index is -0.163. The fourth-order valence-electron chi connectivity index (χ4n) is 3.87. The number of carbonyl (C=O) groups excluding carboxylic acids is 2. The summed E-state index contributed by atoms with van der Waals surface area (Å²) in [6, 6.07) is 0. The molecule has 7 heteroatoms. The Morgan fingerprint density at radius 1 is 1.33 bits per heavy atom. The van der Waals surface area contributed by atoms with Crippen molar-refractivity contribution in [1.82, 2.24) is 19.7 Å². The van der Waals surface area contributed by atoms with Gasteiger partial charge in [-0.3, -0.25) is 14.5 Å². The third-order valence-electron chi connectivity index (χ3n) is 4.94. The first-order chi connectivity index (χ1) is 11.4. The van der Waals surface area contributed by atoms with Crippen LogP contribution in [0.2, 0.25) is 0 Å². The van der Waals surface area contributed by atoms with E-state index in [0.29, 0.717) is 13.0 Å². The van der Waals surface area contributed by atoms with Gasteiger partial charge < -0.3 is 9.80 Å². The number of rotatable bonds is 3. The number of hydrogen-bond donors (Lipinski definition) is 0. The molecule has 2 saturated heterocycles. The first kappa shape index (κ1) is 17.4. The molecule has 1 aromatic rings. The maximum absolute atomic E-state index is 12.6. The van der Waals surface area contributed by atoms with Gasteiger partial charge >= 0.3 is 0 Å². The van der Waals surface area contributed by atoms with E-state index in [1.54, 1.807) is 11.3 Å². The smallest absolute Gasteiger partial charge is 0.225 e. The molecule has 132 valence electrons. The number of thiazole rings is 1. The number of aromatic nitrogens is 1. The average molecular weight is 350 g/mol. The summed E-state index contributed by atoms with van der Waals surface area (Å²) >= 11 is 1.66. The van der Waals surface area contributed by atoms with E-state index < -0.39 is 0 Å². The van der Waals surface area contributed by atoms with Crippen molar-refractivity contribution in [2.24, 2.45) is 11.3 Å². The van der Waals surface area contributed by atoms with Crippen molar-refractivity contribution in [3.05, 3.63) is 16.6 Å². The fourth-order valence-corrected chi connectivity index (χ4v) is 4.53. The molecule has 0 radical (unpaired) electrons. The van der Waals surface area contributed by atoms with E-state index in [1.165, 1.54) is 0 Å². The molecule has 0 N–H and O–H groups in total. The summed E-state index contributed by atoms with van der Waals surface area (Å²) in [5, 5.41) is 3.08. The van der Waals surface area contributed by atoms with Crippen LogP contribution >= 0.6 is 11.3 Å². The van der Waals surface area contributed by atoms with Gasteiger partial charge in [-0.05, 0) is 0 Å². The molecule has 0 aliphatic carbocycles. The van der Waals surface area contributed by atoms with Gasteiger partial charge in [-0.25, -0.2) is 4.98 Å². The van der Waals surface area contributed by atoms with Crippen LogP contribution in [-0.4, -0.2) is 71.3 Å². The molecule has 1 spiro atoms. The molecular weight excluding hydrogens is 324 g/mol. The third-order valence-corrected chi connectivity index (χ3v) is 5.71. The maximum Gasteiger partial charge on any atom is 0.225 e. The minimum Gasteiger partial charge on any atom is -0.345 e. The van der Waals surface area contributed by atoms with Crippen LogP contribution in [-0.2, 0) is 16.1 Å². The molecule has 3 rings (SSSR count). The molecule has 2 aliphatic rings. The van der Waals surface area contributed by atoms with Crippen LogP contribution in [0.15, 0.2) is 11.6 Å². The Labute approximate surface area is 147 Å². The molecule has 0 bridgehead atoms. The Morgan fingerprint density at radius 2 is 2.12 bits per heavy atom. The van der Waals surface area contributed by atoms with E-state index in [9.17, 15) is 9.59 Å². The summed E-state index contributed by atoms with van der Waals surface area (Å²) in [5.74, 6) is 0.359. The van der Waals surface area contributed by atoms with Gasteiger partial charge in [0, 0.05) is 69.1 Å². The first-order valence-corrected chi connectivity index (χ1v) is 9.40. The monoisotopic (exact) mass is 350 g/mol. The van der Waals surface area contributed by atoms with Gasteiger partial charge in [0.05, 0.1) is 6.54 Å². The van der Waals surface area contributed by atoms with E-state index in [1.807, 2.05) is 42.3 Å². The highest BCUT2D eigenvalue weighted by molar-refractivity contribution is 7.09. The van der Waals surface area contributed by atoms with Crippen molar-refractivity contribution in [1.29, 1.82) is 0 Å². The molecule has 1 atom stereocenters. The summed E-state index contributed by atoms with van der Waals surface area (Å²) in [4.78, 5) is 35.3. The molecule has 2 amide bonds. The summed E-state index contributed by atoms with van der Waals surface area (Å²) in [6.45, 7) is 8.47. The van der Waals surface area contributed by atoms with Gasteiger partial charge in [0.1, 0.15) is 5.01 Å². The van der Waals surface area contributed by atoms with Crippen LogP contribution in [0.4, 0.5) is 0 Å². The zero-order valence-corrected chi connectivity index (χ0v) is 15.5. The predicted octanol–water partition coefficient (Wildman–Crippen LogP) is 1.29. The van der Waals surface area contributed by atoms with Gasteiger partial charge in [-0.15, -0.1) is 11.3 Å². The zero-order valence-electron chi connectivity index (χ0n) is 14.7. The van der Waals surface area contributed by atoms with Crippen LogP contribution in [0.5, 0.6) is 0 Å². The second-order valence-electron chi connectivity index (χ2n) is 7.48. The van der Waals surface area contributed by atoms with Gasteiger partial charge in [-0.1, -0.05) is 13.8 Å². The van der Waals surface area contributed by atoms with Crippen LogP contribution in [0.3, 0.4) is 0 Å². The Kier molecular flexibility index (Phi) is 4.92. The minimum absolute atomic E-state index is 0.0117. The van der Waals surface area contributed by atoms with Crippen molar-refractivity contribution in [2.45, 2.75) is 26.8 Å². The zero-order chi connectivity index (χ0) is 17.3. The lowest BCUT2D eigenvalue weighted by atomic mass is 9.85. The lowest BCUT2D eigenvalue weighted by Gasteiger charge is -2.33. The predicted molar refractivity (Wildman–Crippen MR) is 93.5 cm³/mol. The SMILES string of the molecule is CC(C)C(=O)N1CCN(Cc2nccs2)CC2(CC(=O)N(C)C2)C1.